The Morgan fingerprint density at radius 1 is 1.31 bits per heavy atom. The van der Waals surface area contributed by atoms with Crippen LogP contribution in [0.3, 0.4) is 0 Å². The van der Waals surface area contributed by atoms with Crippen LogP contribution in [0.25, 0.3) is 0 Å². The number of halogens is 1. The van der Waals surface area contributed by atoms with E-state index in [1.165, 1.54) is 12.8 Å². The van der Waals surface area contributed by atoms with Crippen molar-refractivity contribution in [1.29, 1.82) is 0 Å². The van der Waals surface area contributed by atoms with E-state index in [0.29, 0.717) is 25.6 Å². The van der Waals surface area contributed by atoms with Crippen LogP contribution in [-0.4, -0.2) is 56.8 Å². The fourth-order valence-electron chi connectivity index (χ4n) is 2.32. The maximum Gasteiger partial charge on any atom is 0.213 e. The van der Waals surface area contributed by atoms with Gasteiger partial charge in [-0.3, -0.25) is 4.99 Å². The number of aliphatic imine (C=N–C) groups is 1. The molecule has 0 bridgehead atoms. The number of rotatable bonds is 12. The maximum atomic E-state index is 5.46. The van der Waals surface area contributed by atoms with Gasteiger partial charge in [0, 0.05) is 46.6 Å². The molecule has 0 unspecified atom stereocenters. The number of methoxy groups -OCH3 is 1. The molecule has 0 aliphatic carbocycles. The van der Waals surface area contributed by atoms with E-state index in [4.69, 9.17) is 9.47 Å². The average molecular weight is 476 g/mol. The molecule has 0 aliphatic heterocycles. The largest absolute Gasteiger partial charge is 0.475 e. The zero-order valence-electron chi connectivity index (χ0n) is 16.2. The number of guanidine groups is 1. The number of pyridine rings is 1. The van der Waals surface area contributed by atoms with Crippen molar-refractivity contribution in [1.82, 2.24) is 15.2 Å². The van der Waals surface area contributed by atoms with Gasteiger partial charge in [0.05, 0.1) is 6.61 Å². The SMILES string of the molecule is C=CCCCCCN(C)C(=NC)NCc1ccc(OCCOC)nc1.I. The summed E-state index contributed by atoms with van der Waals surface area (Å²) in [6, 6.07) is 3.88. The van der Waals surface area contributed by atoms with Crippen molar-refractivity contribution in [2.24, 2.45) is 4.99 Å². The number of nitrogens with zero attached hydrogens (tertiary/aromatic N) is 3. The first-order chi connectivity index (χ1) is 12.2. The summed E-state index contributed by atoms with van der Waals surface area (Å²) in [6.45, 7) is 6.48. The molecule has 1 heterocycles. The summed E-state index contributed by atoms with van der Waals surface area (Å²) >= 11 is 0. The van der Waals surface area contributed by atoms with Gasteiger partial charge in [-0.15, -0.1) is 30.6 Å². The lowest BCUT2D eigenvalue weighted by atomic mass is 10.2. The van der Waals surface area contributed by atoms with Gasteiger partial charge in [-0.1, -0.05) is 18.6 Å². The predicted molar refractivity (Wildman–Crippen MR) is 119 cm³/mol. The number of unbranched alkanes of at least 4 members (excludes halogenated alkanes) is 3. The van der Waals surface area contributed by atoms with Gasteiger partial charge in [-0.05, 0) is 24.8 Å². The van der Waals surface area contributed by atoms with E-state index < -0.39 is 0 Å². The quantitative estimate of drug-likeness (QED) is 0.165. The zero-order valence-corrected chi connectivity index (χ0v) is 18.6. The van der Waals surface area contributed by atoms with Crippen LogP contribution in [0.5, 0.6) is 5.88 Å². The Kier molecular flexibility index (Phi) is 15.0. The molecule has 1 aromatic rings. The fraction of sp³-hybridized carbons (Fsp3) is 0.579. The van der Waals surface area contributed by atoms with Gasteiger partial charge in [0.25, 0.3) is 0 Å². The van der Waals surface area contributed by atoms with Crippen molar-refractivity contribution in [2.75, 3.05) is 41.0 Å². The molecular weight excluding hydrogens is 443 g/mol. The molecule has 6 nitrogen and oxygen atoms in total. The highest BCUT2D eigenvalue weighted by Gasteiger charge is 2.05. The summed E-state index contributed by atoms with van der Waals surface area (Å²) in [5.41, 5.74) is 1.08. The van der Waals surface area contributed by atoms with Crippen LogP contribution in [0.15, 0.2) is 36.0 Å². The first-order valence-corrected chi connectivity index (χ1v) is 8.80. The molecule has 1 rings (SSSR count). The smallest absolute Gasteiger partial charge is 0.213 e. The van der Waals surface area contributed by atoms with Gasteiger partial charge in [0.15, 0.2) is 5.96 Å². The third-order valence-corrected chi connectivity index (χ3v) is 3.76. The van der Waals surface area contributed by atoms with Crippen molar-refractivity contribution in [3.63, 3.8) is 0 Å². The number of allylic oxidation sites excluding steroid dienone is 1. The van der Waals surface area contributed by atoms with Crippen LogP contribution < -0.4 is 10.1 Å². The molecule has 0 fully saturated rings. The minimum atomic E-state index is 0. The lowest BCUT2D eigenvalue weighted by Gasteiger charge is -2.22. The molecular formula is C19H33IN4O2. The molecule has 0 atom stereocenters. The molecule has 0 aliphatic rings. The predicted octanol–water partition coefficient (Wildman–Crippen LogP) is 3.48. The Morgan fingerprint density at radius 3 is 2.73 bits per heavy atom. The number of nitrogens with one attached hydrogen (secondary N) is 1. The number of hydrogen-bond acceptors (Lipinski definition) is 4. The molecule has 0 amide bonds. The zero-order chi connectivity index (χ0) is 18.3. The van der Waals surface area contributed by atoms with Gasteiger partial charge < -0.3 is 19.7 Å². The monoisotopic (exact) mass is 476 g/mol. The van der Waals surface area contributed by atoms with Gasteiger partial charge in [0.1, 0.15) is 6.61 Å². The standard InChI is InChI=1S/C19H32N4O2.HI/c1-5-6-7-8-9-12-23(3)19(20-2)22-16-17-10-11-18(21-15-17)25-14-13-24-4;/h5,10-11,15H,1,6-9,12-14,16H2,2-4H3,(H,20,22);1H. The van der Waals surface area contributed by atoms with E-state index in [9.17, 15) is 0 Å². The molecule has 0 saturated heterocycles. The highest BCUT2D eigenvalue weighted by atomic mass is 127. The minimum absolute atomic E-state index is 0. The first kappa shape index (κ1) is 24.7. The summed E-state index contributed by atoms with van der Waals surface area (Å²) in [5.74, 6) is 1.51. The van der Waals surface area contributed by atoms with E-state index in [-0.39, 0.29) is 24.0 Å². The highest BCUT2D eigenvalue weighted by Crippen LogP contribution is 2.07. The molecule has 0 saturated carbocycles. The van der Waals surface area contributed by atoms with Gasteiger partial charge in [0.2, 0.25) is 5.88 Å². The van der Waals surface area contributed by atoms with Crippen molar-refractivity contribution >= 4 is 29.9 Å². The van der Waals surface area contributed by atoms with Crippen molar-refractivity contribution in [2.45, 2.75) is 32.2 Å². The van der Waals surface area contributed by atoms with E-state index in [2.05, 4.69) is 33.8 Å². The number of hydrogen-bond donors (Lipinski definition) is 1. The topological polar surface area (TPSA) is 59.0 Å². The Labute approximate surface area is 175 Å². The van der Waals surface area contributed by atoms with Crippen molar-refractivity contribution in [3.05, 3.63) is 36.5 Å². The summed E-state index contributed by atoms with van der Waals surface area (Å²) in [7, 11) is 5.52. The molecule has 0 radical (unpaired) electrons. The first-order valence-electron chi connectivity index (χ1n) is 8.80. The molecule has 0 spiro atoms. The Morgan fingerprint density at radius 2 is 2.12 bits per heavy atom. The lowest BCUT2D eigenvalue weighted by Crippen LogP contribution is -2.39. The van der Waals surface area contributed by atoms with E-state index in [0.717, 1.165) is 30.9 Å². The second-order valence-electron chi connectivity index (χ2n) is 5.81. The Balaban J connectivity index is 0.00000625. The van der Waals surface area contributed by atoms with Crippen LogP contribution in [-0.2, 0) is 11.3 Å². The summed E-state index contributed by atoms with van der Waals surface area (Å²) < 4.78 is 10.4. The van der Waals surface area contributed by atoms with E-state index >= 15 is 0 Å². The van der Waals surface area contributed by atoms with Crippen LogP contribution in [0, 0.1) is 0 Å². The summed E-state index contributed by atoms with van der Waals surface area (Å²) in [6.07, 6.45) is 8.45. The average Bonchev–Trinajstić information content (AvgIpc) is 2.63. The van der Waals surface area contributed by atoms with Gasteiger partial charge >= 0.3 is 0 Å². The molecule has 7 heteroatoms. The van der Waals surface area contributed by atoms with E-state index in [1.54, 1.807) is 7.11 Å². The van der Waals surface area contributed by atoms with Crippen LogP contribution in [0.2, 0.25) is 0 Å². The second kappa shape index (κ2) is 15.9. The molecule has 148 valence electrons. The molecule has 0 aromatic carbocycles. The van der Waals surface area contributed by atoms with Crippen LogP contribution in [0.4, 0.5) is 0 Å². The van der Waals surface area contributed by atoms with E-state index in [1.807, 2.05) is 31.5 Å². The lowest BCUT2D eigenvalue weighted by molar-refractivity contribution is 0.143. The highest BCUT2D eigenvalue weighted by molar-refractivity contribution is 14.0. The minimum Gasteiger partial charge on any atom is -0.475 e. The van der Waals surface area contributed by atoms with Crippen molar-refractivity contribution in [3.8, 4) is 5.88 Å². The molecule has 1 N–H and O–H groups in total. The van der Waals surface area contributed by atoms with Crippen LogP contribution in [0.1, 0.15) is 31.2 Å². The summed E-state index contributed by atoms with van der Waals surface area (Å²) in [4.78, 5) is 10.8. The molecule has 1 aromatic heterocycles. The third kappa shape index (κ3) is 10.6. The Hall–Kier alpha value is -1.35. The van der Waals surface area contributed by atoms with Gasteiger partial charge in [-0.25, -0.2) is 4.98 Å². The van der Waals surface area contributed by atoms with Gasteiger partial charge in [-0.2, -0.15) is 0 Å². The number of aromatic nitrogens is 1. The van der Waals surface area contributed by atoms with Crippen molar-refractivity contribution < 1.29 is 9.47 Å². The molecule has 26 heavy (non-hydrogen) atoms. The normalized spacial score (nSPS) is 10.8. The number of ether oxygens (including phenoxy) is 2. The second-order valence-corrected chi connectivity index (χ2v) is 5.81. The van der Waals surface area contributed by atoms with Crippen LogP contribution >= 0.6 is 24.0 Å². The maximum absolute atomic E-state index is 5.46. The fourth-order valence-corrected chi connectivity index (χ4v) is 2.32. The Bertz CT molecular complexity index is 509. The third-order valence-electron chi connectivity index (χ3n) is 3.76. The summed E-state index contributed by atoms with van der Waals surface area (Å²) in [5, 5.41) is 3.37.